The molecule has 6 aromatic heterocycles. The van der Waals surface area contributed by atoms with Gasteiger partial charge in [-0.25, -0.2) is 28.8 Å². The summed E-state index contributed by atoms with van der Waals surface area (Å²) >= 11 is 0. The number of hydrogen-bond donors (Lipinski definition) is 13. The maximum Gasteiger partial charge on any atom is 0.413 e. The number of nitrogens with zero attached hydrogens (tertiary/aromatic N) is 10. The molecule has 18 rings (SSSR count). The number of benzene rings is 7. The largest absolute Gasteiger partial charge is 0.461 e. The predicted octanol–water partition coefficient (Wildman–Crippen LogP) is 3.04. The molecule has 0 aliphatic carbocycles. The average molecular weight is 2080 g/mol. The monoisotopic (exact) mass is 2080 g/mol. The van der Waals surface area contributed by atoms with Crippen molar-refractivity contribution in [2.24, 2.45) is 0 Å². The van der Waals surface area contributed by atoms with E-state index in [1.165, 1.54) is 36.7 Å². The molecule has 50 heteroatoms. The summed E-state index contributed by atoms with van der Waals surface area (Å²) < 4.78 is 145. The van der Waals surface area contributed by atoms with Crippen LogP contribution in [0.3, 0.4) is 0 Å². The van der Waals surface area contributed by atoms with Gasteiger partial charge in [0.15, 0.2) is 37.4 Å². The third kappa shape index (κ3) is 26.4. The number of aromatic nitrogens is 10. The number of rotatable bonds is 29. The van der Waals surface area contributed by atoms with Crippen molar-refractivity contribution in [2.45, 2.75) is 181 Å². The molecule has 11 heterocycles. The minimum Gasteiger partial charge on any atom is -0.461 e. The van der Waals surface area contributed by atoms with Gasteiger partial charge in [-0.05, 0) is 86.3 Å². The molecule has 5 fully saturated rings. The summed E-state index contributed by atoms with van der Waals surface area (Å²) in [6, 6.07) is 60.3. The molecule has 5 saturated heterocycles. The van der Waals surface area contributed by atoms with Gasteiger partial charge in [-0.3, -0.25) is 47.3 Å². The van der Waals surface area contributed by atoms with Crippen LogP contribution in [0, 0.1) is 0 Å². The second-order valence-electron chi connectivity index (χ2n) is 33.9. The first-order chi connectivity index (χ1) is 71.4. The summed E-state index contributed by atoms with van der Waals surface area (Å²) in [6.07, 6.45) is -24.0. The predicted molar refractivity (Wildman–Crippen MR) is 499 cm³/mol. The van der Waals surface area contributed by atoms with Crippen molar-refractivity contribution >= 4 is 68.3 Å². The quantitative estimate of drug-likeness (QED) is 0.0182. The van der Waals surface area contributed by atoms with E-state index >= 15 is 0 Å². The smallest absolute Gasteiger partial charge is 0.413 e. The van der Waals surface area contributed by atoms with Crippen LogP contribution in [0.5, 0.6) is 0 Å². The van der Waals surface area contributed by atoms with Crippen molar-refractivity contribution in [3.63, 3.8) is 0 Å². The van der Waals surface area contributed by atoms with Crippen LogP contribution >= 0.6 is 0 Å². The van der Waals surface area contributed by atoms with Crippen LogP contribution < -0.4 is 33.8 Å². The Morgan fingerprint density at radius 3 is 0.980 bits per heavy atom. The van der Waals surface area contributed by atoms with E-state index in [2.05, 4.69) is 30.2 Å². The van der Waals surface area contributed by atoms with Crippen molar-refractivity contribution in [3.05, 3.63) is 340 Å². The first-order valence-electron chi connectivity index (χ1n) is 45.6. The number of carbonyl (C=O) groups is 5. The van der Waals surface area contributed by atoms with Gasteiger partial charge in [-0.15, -0.1) is 0 Å². The second kappa shape index (κ2) is 49.2. The summed E-state index contributed by atoms with van der Waals surface area (Å²) in [6.45, 7) is -3.40. The van der Waals surface area contributed by atoms with Gasteiger partial charge in [0.25, 0.3) is 0 Å². The Balaban J connectivity index is 0.000000147. The van der Waals surface area contributed by atoms with Gasteiger partial charge in [0.2, 0.25) is 18.7 Å². The molecule has 5 aliphatic rings. The van der Waals surface area contributed by atoms with Crippen molar-refractivity contribution in [1.82, 2.24) is 47.8 Å². The van der Waals surface area contributed by atoms with E-state index in [0.717, 1.165) is 83.0 Å². The number of amides is 1. The number of carbonyl (C=O) groups excluding carboxylic acids is 5. The summed E-state index contributed by atoms with van der Waals surface area (Å²) in [5, 5.41) is 121. The Labute approximate surface area is 835 Å². The Bertz CT molecular complexity index is 7130. The Morgan fingerprint density at radius 2 is 0.644 bits per heavy atom. The van der Waals surface area contributed by atoms with Gasteiger partial charge in [-0.1, -0.05) is 164 Å². The lowest BCUT2D eigenvalue weighted by atomic mass is 10.1. The summed E-state index contributed by atoms with van der Waals surface area (Å²) in [7, 11) is 0. The number of fused-ring (bicyclic) bond motifs is 3. The highest BCUT2D eigenvalue weighted by Gasteiger charge is 2.62. The van der Waals surface area contributed by atoms with E-state index < -0.39 is 214 Å². The van der Waals surface area contributed by atoms with E-state index in [1.54, 1.807) is 42.5 Å². The number of furan rings is 1. The van der Waals surface area contributed by atoms with Crippen LogP contribution in [0.4, 0.5) is 37.0 Å². The van der Waals surface area contributed by atoms with Gasteiger partial charge in [0, 0.05) is 36.4 Å². The van der Waals surface area contributed by atoms with E-state index in [1.807, 2.05) is 133 Å². The van der Waals surface area contributed by atoms with Crippen molar-refractivity contribution < 1.29 is 163 Å². The fraction of sp³-hybridized carbons (Fsp3) is 0.343. The molecule has 0 saturated carbocycles. The summed E-state index contributed by atoms with van der Waals surface area (Å²) in [4.78, 5) is 140. The Kier molecular flexibility index (Phi) is 36.3. The standard InChI is InChI=1S/C22H20F2N2O6.C22H22N2O7.C19H17F2N3O7.C18H18F2N2O6.C18H20N2O7/c23-22(24)19(29)17(11-27)32-20(22)26-9-8-15(25-21(26)30)10-18(28)31-12-14-6-3-5-13-4-1-2-7-16(13)14;25-11-17-19(27)20(28)21(31-17)24-9-8-15(23-22(24)29)10-18(26)30-12-14-6-3-5-13-4-1-2-7-16(13)14;20-19(21)15(26)13(8-25)31-16(19)24-6-5-14(22-17(24)27)23-18(28)29-9-11-7-10-3-1-2-4-12(10)30-11;19-18(20)15(25)13(9-23)28-16(18)22-7-6-12(21-17(22)26)8-14(24)27-10-11-4-2-1-3-5-11;21-9-13-15(23)16(24)17(27-13)20-7-6-12(19-18(20)25)8-14(22)26-10-11-4-2-1-3-5-11/h1-9,17,19-20,27,29H,10-12H2;1-9,17,19-21,25,27-28H,10-12H2;1-7,13,15-16,25-26H,8-9H2,(H,22,23,27,28);1-7,13,15-16,23,25H,8-10H2;1-7,13,15-17,21,23-24H,8-10H2. The van der Waals surface area contributed by atoms with E-state index in [0.29, 0.717) is 25.0 Å². The normalized spacial score (nSPS) is 23.2. The molecule has 0 spiro atoms. The zero-order valence-electron chi connectivity index (χ0n) is 77.9. The molecule has 788 valence electrons. The molecule has 1 amide bonds. The molecule has 149 heavy (non-hydrogen) atoms. The molecule has 44 nitrogen and oxygen atoms in total. The minimum absolute atomic E-state index is 0.0276. The molecular formula is C99H97F6N11O33. The molecule has 13 aromatic rings. The second-order valence-corrected chi connectivity index (χ2v) is 33.9. The van der Waals surface area contributed by atoms with Crippen LogP contribution in [0.15, 0.2) is 266 Å². The number of anilines is 1. The Morgan fingerprint density at radius 1 is 0.329 bits per heavy atom. The number of halogens is 6. The van der Waals surface area contributed by atoms with Crippen LogP contribution in [0.2, 0.25) is 0 Å². The molecule has 0 radical (unpaired) electrons. The maximum atomic E-state index is 14.2. The van der Waals surface area contributed by atoms with Gasteiger partial charge in [-0.2, -0.15) is 51.3 Å². The van der Waals surface area contributed by atoms with Crippen LogP contribution in [0.1, 0.15) is 81.9 Å². The minimum atomic E-state index is -3.83. The number of hydrogen-bond acceptors (Lipinski definition) is 38. The van der Waals surface area contributed by atoms with Crippen molar-refractivity contribution in [3.8, 4) is 0 Å². The number of para-hydroxylation sites is 1. The topological polar surface area (TPSA) is 620 Å². The molecular weight excluding hydrogens is 1990 g/mol. The first-order valence-corrected chi connectivity index (χ1v) is 45.6. The zero-order chi connectivity index (χ0) is 107. The highest BCUT2D eigenvalue weighted by molar-refractivity contribution is 5.87. The molecule has 5 aliphatic heterocycles. The van der Waals surface area contributed by atoms with Crippen LogP contribution in [-0.4, -0.2) is 263 Å². The highest BCUT2D eigenvalue weighted by Crippen LogP contribution is 2.45. The summed E-state index contributed by atoms with van der Waals surface area (Å²) in [5.74, 6) is -13.6. The molecule has 13 N–H and O–H groups in total. The molecule has 17 unspecified atom stereocenters. The third-order valence-corrected chi connectivity index (χ3v) is 23.8. The molecule has 7 aromatic carbocycles. The van der Waals surface area contributed by atoms with Gasteiger partial charge >= 0.3 is 76.2 Å². The van der Waals surface area contributed by atoms with Crippen LogP contribution in [-0.2, 0) is 125 Å². The molecule has 17 atom stereocenters. The number of nitrogens with one attached hydrogen (secondary N) is 1. The SMILES string of the molecule is O=C(Cc1ccn(C2OC(CO)C(O)C2(F)F)c(=O)n1)OCc1cccc2ccccc12.O=C(Cc1ccn(C2OC(CO)C(O)C2(F)F)c(=O)n1)OCc1ccccc1.O=C(Cc1ccn(C2OC(CO)C(O)C2O)c(=O)n1)OCc1cccc2ccccc12.O=C(Cc1ccn(C2OC(CO)C(O)C2O)c(=O)n1)OCc1ccccc1.O=C(Nc1ccn(C2OC(CO)C(O)C2(F)F)c(=O)n1)OCc1cc2ccccc2o1. The van der Waals surface area contributed by atoms with Gasteiger partial charge in [0.05, 0.1) is 81.5 Å². The highest BCUT2D eigenvalue weighted by atomic mass is 19.3. The third-order valence-electron chi connectivity index (χ3n) is 23.8. The maximum absolute atomic E-state index is 14.2. The van der Waals surface area contributed by atoms with Crippen LogP contribution in [0.25, 0.3) is 32.5 Å². The zero-order valence-corrected chi connectivity index (χ0v) is 77.9. The fourth-order valence-electron chi connectivity index (χ4n) is 16.0. The molecule has 0 bridgehead atoms. The number of aliphatic hydroxyl groups is 12. The fourth-order valence-corrected chi connectivity index (χ4v) is 16.0. The number of ether oxygens (including phenoxy) is 10. The number of alkyl halides is 6. The lowest BCUT2D eigenvalue weighted by molar-refractivity contribution is -0.145. The van der Waals surface area contributed by atoms with E-state index in [4.69, 9.17) is 72.2 Å². The average Bonchev–Trinajstić information content (AvgIpc) is 1.62. The van der Waals surface area contributed by atoms with Gasteiger partial charge < -0.3 is 113 Å². The first kappa shape index (κ1) is 110. The van der Waals surface area contributed by atoms with E-state index in [-0.39, 0.29) is 87.3 Å². The lowest BCUT2D eigenvalue weighted by Gasteiger charge is -2.21. The number of aliphatic hydroxyl groups excluding tert-OH is 12. The van der Waals surface area contributed by atoms with Crippen molar-refractivity contribution in [2.75, 3.05) is 38.4 Å². The Hall–Kier alpha value is -15.0. The van der Waals surface area contributed by atoms with Crippen molar-refractivity contribution in [1.29, 1.82) is 0 Å². The van der Waals surface area contributed by atoms with E-state index in [9.17, 15) is 115 Å². The lowest BCUT2D eigenvalue weighted by Crippen LogP contribution is -2.41. The van der Waals surface area contributed by atoms with Gasteiger partial charge in [0.1, 0.15) is 98.5 Å². The summed E-state index contributed by atoms with van der Waals surface area (Å²) in [5.41, 5.74) is -0.383. The number of esters is 4.